The maximum atomic E-state index is 12.0. The number of aliphatic hydroxyl groups excluding tert-OH is 1. The van der Waals surface area contributed by atoms with Crippen LogP contribution in [0.3, 0.4) is 0 Å². The fourth-order valence-corrected chi connectivity index (χ4v) is 1.87. The zero-order valence-electron chi connectivity index (χ0n) is 10.1. The van der Waals surface area contributed by atoms with Crippen molar-refractivity contribution < 1.29 is 31.5 Å². The number of hydrogen-bond acceptors (Lipinski definition) is 6. The van der Waals surface area contributed by atoms with E-state index in [2.05, 4.69) is 4.98 Å². The number of nitrogen functional groups attached to an aromatic ring is 1. The van der Waals surface area contributed by atoms with Gasteiger partial charge >= 0.3 is 6.18 Å². The van der Waals surface area contributed by atoms with Crippen molar-refractivity contribution in [3.05, 3.63) is 18.0 Å². The topological polar surface area (TPSA) is 122 Å². The van der Waals surface area contributed by atoms with Crippen LogP contribution in [0.4, 0.5) is 18.9 Å². The second-order valence-corrected chi connectivity index (χ2v) is 6.38. The number of aliphatic hydroxyl groups is 1. The minimum atomic E-state index is -4.89. The van der Waals surface area contributed by atoms with Crippen LogP contribution in [0.5, 0.6) is 0 Å². The molecule has 1 atom stereocenters. The third-order valence-electron chi connectivity index (χ3n) is 2.22. The molecule has 0 bridgehead atoms. The lowest BCUT2D eigenvalue weighted by molar-refractivity contribution is -0.201. The first-order valence-corrected chi connectivity index (χ1v) is 7.47. The van der Waals surface area contributed by atoms with Gasteiger partial charge in [-0.15, -0.1) is 0 Å². The Morgan fingerprint density at radius 1 is 1.52 bits per heavy atom. The number of halogens is 4. The van der Waals surface area contributed by atoms with Gasteiger partial charge in [0.25, 0.3) is 15.0 Å². The molecule has 1 unspecified atom stereocenters. The van der Waals surface area contributed by atoms with Gasteiger partial charge in [-0.25, -0.2) is 13.4 Å². The van der Waals surface area contributed by atoms with Crippen LogP contribution in [0.15, 0.2) is 17.2 Å². The van der Waals surface area contributed by atoms with Crippen LogP contribution in [0.25, 0.3) is 0 Å². The maximum Gasteiger partial charge on any atom is 0.416 e. The summed E-state index contributed by atoms with van der Waals surface area (Å²) in [6.07, 6.45) is -6.90. The number of nitrogens with zero attached hydrogens (tertiary/aromatic N) is 1. The lowest BCUT2D eigenvalue weighted by Gasteiger charge is -2.15. The number of hydrogen-bond donors (Lipinski definition) is 3. The molecule has 0 saturated carbocycles. The van der Waals surface area contributed by atoms with Crippen LogP contribution in [0.2, 0.25) is 0 Å². The van der Waals surface area contributed by atoms with Gasteiger partial charge in [-0.05, 0) is 6.07 Å². The van der Waals surface area contributed by atoms with E-state index in [-0.39, 0.29) is 0 Å². The van der Waals surface area contributed by atoms with Gasteiger partial charge in [0, 0.05) is 16.9 Å². The Morgan fingerprint density at radius 2 is 2.10 bits per heavy atom. The Kier molecular flexibility index (Phi) is 5.02. The molecule has 0 fully saturated rings. The highest BCUT2D eigenvalue weighted by Crippen LogP contribution is 2.20. The number of alkyl halides is 3. The highest BCUT2D eigenvalue weighted by Gasteiger charge is 2.38. The van der Waals surface area contributed by atoms with E-state index in [9.17, 15) is 26.4 Å². The number of aromatic nitrogens is 1. The number of carbonyl (C=O) groups excluding carboxylic acids is 1. The molecule has 118 valence electrons. The first-order chi connectivity index (χ1) is 9.43. The molecular formula is C9H9ClF3N3O4S. The molecule has 1 aromatic heterocycles. The second-order valence-electron chi connectivity index (χ2n) is 3.81. The third kappa shape index (κ3) is 4.72. The van der Waals surface area contributed by atoms with Crippen LogP contribution >= 0.6 is 10.7 Å². The second kappa shape index (κ2) is 6.03. The first kappa shape index (κ1) is 17.5. The zero-order chi connectivity index (χ0) is 16.4. The molecule has 0 radical (unpaired) electrons. The largest absolute Gasteiger partial charge is 0.416 e. The summed E-state index contributed by atoms with van der Waals surface area (Å²) in [5.74, 6) is -1.10. The Hall–Kier alpha value is -1.59. The van der Waals surface area contributed by atoms with Crippen molar-refractivity contribution in [3.63, 3.8) is 0 Å². The lowest BCUT2D eigenvalue weighted by Crippen LogP contribution is -2.41. The summed E-state index contributed by atoms with van der Waals surface area (Å²) in [6, 6.07) is 0.838. The van der Waals surface area contributed by atoms with Crippen LogP contribution < -0.4 is 11.1 Å². The van der Waals surface area contributed by atoms with E-state index in [1.165, 1.54) is 0 Å². The van der Waals surface area contributed by atoms with Crippen molar-refractivity contribution in [2.24, 2.45) is 0 Å². The van der Waals surface area contributed by atoms with Gasteiger partial charge < -0.3 is 16.2 Å². The molecule has 0 saturated heterocycles. The summed E-state index contributed by atoms with van der Waals surface area (Å²) >= 11 is 0. The third-order valence-corrected chi connectivity index (χ3v) is 3.54. The minimum absolute atomic E-state index is 0.393. The van der Waals surface area contributed by atoms with Gasteiger partial charge in [0.1, 0.15) is 4.90 Å². The molecule has 0 aromatic carbocycles. The van der Waals surface area contributed by atoms with Crippen molar-refractivity contribution in [1.29, 1.82) is 0 Å². The lowest BCUT2D eigenvalue weighted by atomic mass is 10.2. The van der Waals surface area contributed by atoms with Crippen molar-refractivity contribution in [3.8, 4) is 0 Å². The predicted octanol–water partition coefficient (Wildman–Crippen LogP) is 0.244. The van der Waals surface area contributed by atoms with E-state index in [1.54, 1.807) is 5.32 Å². The maximum absolute atomic E-state index is 12.0. The van der Waals surface area contributed by atoms with Crippen LogP contribution in [-0.4, -0.2) is 43.2 Å². The van der Waals surface area contributed by atoms with Gasteiger partial charge in [0.05, 0.1) is 12.2 Å². The quantitative estimate of drug-likeness (QED) is 0.671. The van der Waals surface area contributed by atoms with Crippen molar-refractivity contribution in [1.82, 2.24) is 10.3 Å². The van der Waals surface area contributed by atoms with E-state index in [0.717, 1.165) is 12.3 Å². The highest BCUT2D eigenvalue weighted by molar-refractivity contribution is 8.13. The monoisotopic (exact) mass is 347 g/mol. The summed E-state index contributed by atoms with van der Waals surface area (Å²) in [5.41, 5.74) is 4.49. The molecule has 12 heteroatoms. The number of pyridine rings is 1. The number of carbonyl (C=O) groups is 1. The van der Waals surface area contributed by atoms with Crippen molar-refractivity contribution in [2.75, 3.05) is 12.3 Å². The van der Waals surface area contributed by atoms with Crippen molar-refractivity contribution in [2.45, 2.75) is 17.2 Å². The van der Waals surface area contributed by atoms with E-state index in [0.29, 0.717) is 0 Å². The normalized spacial score (nSPS) is 13.8. The van der Waals surface area contributed by atoms with E-state index in [1.807, 2.05) is 0 Å². The molecular weight excluding hydrogens is 339 g/mol. The number of amides is 1. The van der Waals surface area contributed by atoms with Gasteiger partial charge in [-0.3, -0.25) is 4.79 Å². The minimum Gasteiger partial charge on any atom is -0.397 e. The smallest absolute Gasteiger partial charge is 0.397 e. The predicted molar refractivity (Wildman–Crippen MR) is 66.1 cm³/mol. The van der Waals surface area contributed by atoms with Gasteiger partial charge in [0.15, 0.2) is 11.8 Å². The van der Waals surface area contributed by atoms with Crippen LogP contribution in [-0.2, 0) is 9.05 Å². The summed E-state index contributed by atoms with van der Waals surface area (Å²) in [4.78, 5) is 14.5. The molecule has 21 heavy (non-hydrogen) atoms. The molecule has 4 N–H and O–H groups in total. The molecule has 1 aromatic rings. The molecule has 1 heterocycles. The zero-order valence-corrected chi connectivity index (χ0v) is 11.6. The first-order valence-electron chi connectivity index (χ1n) is 5.16. The molecule has 1 amide bonds. The van der Waals surface area contributed by atoms with Gasteiger partial charge in [0.2, 0.25) is 0 Å². The number of nitrogens with two attached hydrogens (primary N) is 1. The average Bonchev–Trinajstić information content (AvgIpc) is 2.33. The van der Waals surface area contributed by atoms with Crippen molar-refractivity contribution >= 4 is 31.3 Å². The fraction of sp³-hybridized carbons (Fsp3) is 0.333. The fourth-order valence-electron chi connectivity index (χ4n) is 1.17. The average molecular weight is 348 g/mol. The van der Waals surface area contributed by atoms with E-state index >= 15 is 0 Å². The molecule has 0 aliphatic rings. The van der Waals surface area contributed by atoms with Gasteiger partial charge in [-0.1, -0.05) is 0 Å². The molecule has 0 aliphatic heterocycles. The Morgan fingerprint density at radius 3 is 2.52 bits per heavy atom. The number of anilines is 1. The number of rotatable bonds is 4. The van der Waals surface area contributed by atoms with Crippen LogP contribution in [0, 0.1) is 0 Å². The molecule has 1 rings (SSSR count). The SMILES string of the molecule is Nc1cc(S(=O)(=O)Cl)cnc1C(=O)NCC(O)C(F)(F)F. The van der Waals surface area contributed by atoms with E-state index in [4.69, 9.17) is 21.5 Å². The van der Waals surface area contributed by atoms with Crippen LogP contribution in [0.1, 0.15) is 10.5 Å². The number of nitrogens with one attached hydrogen (secondary N) is 1. The summed E-state index contributed by atoms with van der Waals surface area (Å²) in [5, 5.41) is 10.5. The molecule has 7 nitrogen and oxygen atoms in total. The standard InChI is InChI=1S/C9H9ClF3N3O4S/c10-21(19,20)4-1-5(14)7(15-2-4)8(18)16-3-6(17)9(11,12)13/h1-2,6,17H,3,14H2,(H,16,18). The van der Waals surface area contributed by atoms with Gasteiger partial charge in [-0.2, -0.15) is 13.2 Å². The Balaban J connectivity index is 2.85. The summed E-state index contributed by atoms with van der Waals surface area (Å²) in [7, 11) is 0.930. The highest BCUT2D eigenvalue weighted by atomic mass is 35.7. The molecule has 0 spiro atoms. The Labute approximate surface area is 121 Å². The van der Waals surface area contributed by atoms with E-state index < -0.39 is 50.1 Å². The molecule has 0 aliphatic carbocycles. The summed E-state index contributed by atoms with van der Waals surface area (Å²) in [6.45, 7) is -1.10. The Bertz CT molecular complexity index is 650. The summed E-state index contributed by atoms with van der Waals surface area (Å²) < 4.78 is 58.1.